The lowest BCUT2D eigenvalue weighted by Crippen LogP contribution is -2.32. The Hall–Kier alpha value is -4.65. The van der Waals surface area contributed by atoms with Crippen molar-refractivity contribution in [2.75, 3.05) is 17.0 Å². The number of benzene rings is 4. The summed E-state index contributed by atoms with van der Waals surface area (Å²) < 4.78 is 24.4. The summed E-state index contributed by atoms with van der Waals surface area (Å²) in [5.74, 6) is -0.284. The maximum atomic E-state index is 13.7. The molecule has 6 rings (SSSR count). The third-order valence-corrected chi connectivity index (χ3v) is 5.87. The Morgan fingerprint density at radius 1 is 0.794 bits per heavy atom. The molecule has 166 valence electrons. The van der Waals surface area contributed by atoms with Crippen LogP contribution in [0.1, 0.15) is 5.56 Å². The minimum absolute atomic E-state index is 0.100. The highest BCUT2D eigenvalue weighted by Gasteiger charge is 2.41. The molecule has 0 bridgehead atoms. The molecule has 0 aromatic heterocycles. The van der Waals surface area contributed by atoms with Crippen LogP contribution in [0.3, 0.4) is 0 Å². The smallest absolute Gasteiger partial charge is 0.282 e. The van der Waals surface area contributed by atoms with E-state index >= 15 is 0 Å². The summed E-state index contributed by atoms with van der Waals surface area (Å²) in [7, 11) is 0. The van der Waals surface area contributed by atoms with E-state index in [0.29, 0.717) is 28.4 Å². The van der Waals surface area contributed by atoms with Crippen LogP contribution in [-0.2, 0) is 9.59 Å². The zero-order valence-corrected chi connectivity index (χ0v) is 17.7. The van der Waals surface area contributed by atoms with Crippen molar-refractivity contribution >= 4 is 39.5 Å². The topological polar surface area (TPSA) is 67.9 Å². The van der Waals surface area contributed by atoms with Crippen molar-refractivity contribution in [3.05, 3.63) is 102 Å². The number of carbonyl (C=O) groups excluding carboxylic acids is 2. The summed E-state index contributed by atoms with van der Waals surface area (Å²) >= 11 is 0. The highest BCUT2D eigenvalue weighted by Crippen LogP contribution is 2.39. The summed E-state index contributed by atoms with van der Waals surface area (Å²) in [4.78, 5) is 28.6. The van der Waals surface area contributed by atoms with Gasteiger partial charge in [-0.3, -0.25) is 9.59 Å². The van der Waals surface area contributed by atoms with Gasteiger partial charge in [0.15, 0.2) is 11.5 Å². The molecule has 2 heterocycles. The van der Waals surface area contributed by atoms with Crippen LogP contribution in [0.4, 0.5) is 15.8 Å². The molecule has 0 fully saturated rings. The van der Waals surface area contributed by atoms with E-state index in [-0.39, 0.29) is 18.1 Å². The molecule has 0 unspecified atom stereocenters. The van der Waals surface area contributed by atoms with E-state index < -0.39 is 17.6 Å². The Kier molecular flexibility index (Phi) is 4.55. The zero-order valence-electron chi connectivity index (χ0n) is 17.7. The van der Waals surface area contributed by atoms with Gasteiger partial charge in [-0.2, -0.15) is 0 Å². The highest BCUT2D eigenvalue weighted by molar-refractivity contribution is 6.47. The van der Waals surface area contributed by atoms with Crippen molar-refractivity contribution in [1.29, 1.82) is 0 Å². The summed E-state index contributed by atoms with van der Waals surface area (Å²) in [5, 5.41) is 4.78. The lowest BCUT2D eigenvalue weighted by molar-refractivity contribution is -0.120. The van der Waals surface area contributed by atoms with Crippen molar-refractivity contribution in [2.45, 2.75) is 0 Å². The number of anilines is 2. The lowest BCUT2D eigenvalue weighted by atomic mass is 10.0. The van der Waals surface area contributed by atoms with Gasteiger partial charge in [0.1, 0.15) is 11.5 Å². The second kappa shape index (κ2) is 7.74. The summed E-state index contributed by atoms with van der Waals surface area (Å²) in [6, 6.07) is 23.7. The van der Waals surface area contributed by atoms with E-state index in [2.05, 4.69) is 5.32 Å². The largest absolute Gasteiger partial charge is 0.454 e. The average Bonchev–Trinajstić information content (AvgIpc) is 3.41. The number of imide groups is 1. The first kappa shape index (κ1) is 20.0. The molecular weight excluding hydrogens is 435 g/mol. The predicted molar refractivity (Wildman–Crippen MR) is 126 cm³/mol. The van der Waals surface area contributed by atoms with Crippen molar-refractivity contribution in [3.8, 4) is 11.5 Å². The molecule has 4 aromatic carbocycles. The molecule has 2 amide bonds. The number of carbonyl (C=O) groups is 2. The van der Waals surface area contributed by atoms with Gasteiger partial charge in [0.2, 0.25) is 6.79 Å². The first-order chi connectivity index (χ1) is 16.6. The first-order valence-electron chi connectivity index (χ1n) is 10.6. The molecule has 2 aliphatic heterocycles. The third-order valence-electron chi connectivity index (χ3n) is 5.87. The van der Waals surface area contributed by atoms with E-state index in [1.54, 1.807) is 30.3 Å². The fraction of sp³-hybridized carbons (Fsp3) is 0.0370. The van der Waals surface area contributed by atoms with Gasteiger partial charge in [-0.05, 0) is 41.3 Å². The number of amides is 2. The SMILES string of the molecule is O=C1C(Nc2ccc3c(c2)OCO3)=C(c2ccc(F)cc2)C(=O)N1c1cccc2ccccc12. The van der Waals surface area contributed by atoms with Crippen molar-refractivity contribution < 1.29 is 23.5 Å². The van der Waals surface area contributed by atoms with Crippen LogP contribution in [0, 0.1) is 5.82 Å². The minimum atomic E-state index is -0.502. The molecule has 4 aromatic rings. The Morgan fingerprint density at radius 2 is 1.56 bits per heavy atom. The van der Waals surface area contributed by atoms with Gasteiger partial charge in [0.05, 0.1) is 11.3 Å². The minimum Gasteiger partial charge on any atom is -0.454 e. The van der Waals surface area contributed by atoms with Gasteiger partial charge < -0.3 is 14.8 Å². The molecule has 0 saturated carbocycles. The van der Waals surface area contributed by atoms with Crippen LogP contribution >= 0.6 is 0 Å². The van der Waals surface area contributed by atoms with Gasteiger partial charge in [-0.15, -0.1) is 0 Å². The van der Waals surface area contributed by atoms with Gasteiger partial charge in [-0.1, -0.05) is 48.5 Å². The van der Waals surface area contributed by atoms with Crippen LogP contribution in [-0.4, -0.2) is 18.6 Å². The number of hydrogen-bond donors (Lipinski definition) is 1. The second-order valence-electron chi connectivity index (χ2n) is 7.89. The molecule has 0 radical (unpaired) electrons. The summed E-state index contributed by atoms with van der Waals surface area (Å²) in [6.45, 7) is 0.120. The average molecular weight is 452 g/mol. The fourth-order valence-corrected chi connectivity index (χ4v) is 4.27. The number of nitrogens with one attached hydrogen (secondary N) is 1. The number of halogens is 1. The second-order valence-corrected chi connectivity index (χ2v) is 7.89. The number of ether oxygens (including phenoxy) is 2. The number of hydrogen-bond acceptors (Lipinski definition) is 5. The molecule has 34 heavy (non-hydrogen) atoms. The molecule has 2 aliphatic rings. The van der Waals surface area contributed by atoms with Crippen molar-refractivity contribution in [2.24, 2.45) is 0 Å². The quantitative estimate of drug-likeness (QED) is 0.436. The van der Waals surface area contributed by atoms with Crippen molar-refractivity contribution in [3.63, 3.8) is 0 Å². The number of nitrogens with zero attached hydrogens (tertiary/aromatic N) is 1. The lowest BCUT2D eigenvalue weighted by Gasteiger charge is -2.18. The van der Waals surface area contributed by atoms with E-state index in [0.717, 1.165) is 15.7 Å². The van der Waals surface area contributed by atoms with Crippen LogP contribution in [0.2, 0.25) is 0 Å². The molecule has 6 nitrogen and oxygen atoms in total. The molecule has 1 N–H and O–H groups in total. The Morgan fingerprint density at radius 3 is 2.41 bits per heavy atom. The summed E-state index contributed by atoms with van der Waals surface area (Å²) in [6.07, 6.45) is 0. The van der Waals surface area contributed by atoms with Gasteiger partial charge in [0.25, 0.3) is 11.8 Å². The Bertz CT molecular complexity index is 1510. The van der Waals surface area contributed by atoms with E-state index in [1.165, 1.54) is 24.3 Å². The monoisotopic (exact) mass is 452 g/mol. The fourth-order valence-electron chi connectivity index (χ4n) is 4.27. The maximum absolute atomic E-state index is 13.7. The molecule has 0 atom stereocenters. The molecular formula is C27H17FN2O4. The predicted octanol–water partition coefficient (Wildman–Crippen LogP) is 5.10. The highest BCUT2D eigenvalue weighted by atomic mass is 19.1. The van der Waals surface area contributed by atoms with Gasteiger partial charge in [0, 0.05) is 17.1 Å². The van der Waals surface area contributed by atoms with E-state index in [9.17, 15) is 14.0 Å². The summed E-state index contributed by atoms with van der Waals surface area (Å²) in [5.41, 5.74) is 1.74. The molecule has 7 heteroatoms. The van der Waals surface area contributed by atoms with Crippen LogP contribution in [0.25, 0.3) is 16.3 Å². The first-order valence-corrected chi connectivity index (χ1v) is 10.6. The number of fused-ring (bicyclic) bond motifs is 2. The van der Waals surface area contributed by atoms with E-state index in [1.807, 2.05) is 30.3 Å². The normalized spacial score (nSPS) is 14.9. The molecule has 0 spiro atoms. The third kappa shape index (κ3) is 3.17. The van der Waals surface area contributed by atoms with E-state index in [4.69, 9.17) is 9.47 Å². The molecule has 0 aliphatic carbocycles. The van der Waals surface area contributed by atoms with Crippen LogP contribution in [0.5, 0.6) is 11.5 Å². The van der Waals surface area contributed by atoms with Crippen molar-refractivity contribution in [1.82, 2.24) is 0 Å². The Labute approximate surface area is 193 Å². The standard InChI is InChI=1S/C27H17FN2O4/c28-18-10-8-17(9-11-18)24-25(29-19-12-13-22-23(14-19)34-15-33-22)27(32)30(26(24)31)21-7-3-5-16-4-1-2-6-20(16)21/h1-14,29H,15H2. The van der Waals surface area contributed by atoms with Crippen LogP contribution < -0.4 is 19.7 Å². The molecule has 0 saturated heterocycles. The zero-order chi connectivity index (χ0) is 23.2. The number of rotatable bonds is 4. The van der Waals surface area contributed by atoms with Gasteiger partial charge >= 0.3 is 0 Å². The Balaban J connectivity index is 1.48. The maximum Gasteiger partial charge on any atom is 0.282 e. The van der Waals surface area contributed by atoms with Gasteiger partial charge in [-0.25, -0.2) is 9.29 Å². The van der Waals surface area contributed by atoms with Crippen LogP contribution in [0.15, 0.2) is 90.6 Å².